The van der Waals surface area contributed by atoms with Crippen molar-refractivity contribution < 1.29 is 26.3 Å². The summed E-state index contributed by atoms with van der Waals surface area (Å²) in [7, 11) is 0. The van der Waals surface area contributed by atoms with E-state index in [2.05, 4.69) is 25.3 Å². The Hall–Kier alpha value is -3.18. The van der Waals surface area contributed by atoms with Crippen molar-refractivity contribution in [2.75, 3.05) is 23.3 Å². The molecule has 4 heterocycles. The lowest BCUT2D eigenvalue weighted by molar-refractivity contribution is -0.180. The molecule has 3 aromatic rings. The monoisotopic (exact) mass is 428 g/mol. The van der Waals surface area contributed by atoms with E-state index in [9.17, 15) is 26.3 Å². The first-order chi connectivity index (χ1) is 14.1. The van der Waals surface area contributed by atoms with E-state index in [0.29, 0.717) is 5.39 Å². The molecule has 1 saturated heterocycles. The van der Waals surface area contributed by atoms with Crippen molar-refractivity contribution >= 4 is 22.8 Å². The molecule has 0 unspecified atom stereocenters. The summed E-state index contributed by atoms with van der Waals surface area (Å²) in [6, 6.07) is 5.89. The average Bonchev–Trinajstić information content (AvgIpc) is 2.63. The van der Waals surface area contributed by atoms with Crippen molar-refractivity contribution in [1.29, 1.82) is 0 Å². The van der Waals surface area contributed by atoms with E-state index in [1.54, 1.807) is 12.1 Å². The molecule has 0 amide bonds. The first-order valence-electron chi connectivity index (χ1n) is 8.82. The van der Waals surface area contributed by atoms with Crippen LogP contribution in [0.25, 0.3) is 11.0 Å². The maximum absolute atomic E-state index is 13.2. The highest BCUT2D eigenvalue weighted by Gasteiger charge is 2.48. The Morgan fingerprint density at radius 3 is 2.37 bits per heavy atom. The number of hydrogen-bond donors (Lipinski definition) is 1. The molecule has 3 aromatic heterocycles. The maximum Gasteiger partial charge on any atom is 0.433 e. The van der Waals surface area contributed by atoms with Crippen LogP contribution in [0.15, 0.2) is 36.7 Å². The Morgan fingerprint density at radius 2 is 1.67 bits per heavy atom. The fraction of sp³-hybridized carbons (Fsp3) is 0.333. The molecule has 0 aliphatic carbocycles. The minimum absolute atomic E-state index is 0.0337. The van der Waals surface area contributed by atoms with E-state index in [-0.39, 0.29) is 42.6 Å². The third-order valence-electron chi connectivity index (χ3n) is 4.69. The second-order valence-electron chi connectivity index (χ2n) is 6.75. The smallest absolute Gasteiger partial charge is 0.365 e. The molecule has 1 aliphatic heterocycles. The lowest BCUT2D eigenvalue weighted by Gasteiger charge is -2.40. The summed E-state index contributed by atoms with van der Waals surface area (Å²) in [5.41, 5.74) is -0.893. The van der Waals surface area contributed by atoms with Gasteiger partial charge in [0.1, 0.15) is 11.5 Å². The van der Waals surface area contributed by atoms with Crippen LogP contribution in [-0.4, -0.2) is 39.2 Å². The zero-order valence-corrected chi connectivity index (χ0v) is 15.2. The zero-order chi connectivity index (χ0) is 21.5. The molecule has 158 valence electrons. The largest absolute Gasteiger partial charge is 0.433 e. The van der Waals surface area contributed by atoms with Crippen LogP contribution in [0.5, 0.6) is 0 Å². The van der Waals surface area contributed by atoms with Gasteiger partial charge in [0.25, 0.3) is 0 Å². The molecule has 0 spiro atoms. The van der Waals surface area contributed by atoms with Crippen LogP contribution < -0.4 is 10.2 Å². The molecule has 0 saturated carbocycles. The summed E-state index contributed by atoms with van der Waals surface area (Å²) in [5.74, 6) is -1.26. The number of halogens is 6. The number of fused-ring (bicyclic) bond motifs is 1. The minimum Gasteiger partial charge on any atom is -0.365 e. The molecule has 1 fully saturated rings. The number of aromatic nitrogens is 4. The Labute approximate surface area is 166 Å². The van der Waals surface area contributed by atoms with Crippen molar-refractivity contribution in [3.8, 4) is 0 Å². The summed E-state index contributed by atoms with van der Waals surface area (Å²) >= 11 is 0. The SMILES string of the molecule is FC(F)(F)c1ncccc1CNc1nc(N2CC(C(F)(F)F)C2)nc2ncccc12. The van der Waals surface area contributed by atoms with Crippen molar-refractivity contribution in [1.82, 2.24) is 19.9 Å². The van der Waals surface area contributed by atoms with Crippen molar-refractivity contribution in [3.63, 3.8) is 0 Å². The summed E-state index contributed by atoms with van der Waals surface area (Å²) in [6.45, 7) is -0.821. The first kappa shape index (κ1) is 20.1. The van der Waals surface area contributed by atoms with Crippen molar-refractivity contribution in [2.24, 2.45) is 5.92 Å². The molecule has 6 nitrogen and oxygen atoms in total. The van der Waals surface area contributed by atoms with Crippen LogP contribution in [0.3, 0.4) is 0 Å². The van der Waals surface area contributed by atoms with Gasteiger partial charge in [-0.2, -0.15) is 36.3 Å². The molecule has 0 aromatic carbocycles. The second-order valence-corrected chi connectivity index (χ2v) is 6.75. The first-order valence-corrected chi connectivity index (χ1v) is 8.82. The van der Waals surface area contributed by atoms with Crippen LogP contribution in [-0.2, 0) is 12.7 Å². The van der Waals surface area contributed by atoms with E-state index < -0.39 is 24.0 Å². The molecule has 4 rings (SSSR count). The number of rotatable bonds is 4. The summed E-state index contributed by atoms with van der Waals surface area (Å²) in [6.07, 6.45) is -6.42. The van der Waals surface area contributed by atoms with Gasteiger partial charge in [0.05, 0.1) is 11.3 Å². The number of nitrogens with one attached hydrogen (secondary N) is 1. The molecular formula is C18H14F6N6. The quantitative estimate of drug-likeness (QED) is 0.633. The third-order valence-corrected chi connectivity index (χ3v) is 4.69. The Kier molecular flexibility index (Phi) is 4.86. The summed E-state index contributed by atoms with van der Waals surface area (Å²) in [5, 5.41) is 3.26. The Balaban J connectivity index is 1.62. The van der Waals surface area contributed by atoms with E-state index >= 15 is 0 Å². The van der Waals surface area contributed by atoms with Gasteiger partial charge in [0.15, 0.2) is 5.65 Å². The van der Waals surface area contributed by atoms with E-state index in [1.165, 1.54) is 23.2 Å². The number of anilines is 2. The highest BCUT2D eigenvalue weighted by Crippen LogP contribution is 2.36. The van der Waals surface area contributed by atoms with Crippen LogP contribution in [0.1, 0.15) is 11.3 Å². The molecule has 0 bridgehead atoms. The fourth-order valence-electron chi connectivity index (χ4n) is 3.09. The Bertz CT molecular complexity index is 1060. The molecule has 0 radical (unpaired) electrons. The predicted molar refractivity (Wildman–Crippen MR) is 95.7 cm³/mol. The van der Waals surface area contributed by atoms with E-state index in [4.69, 9.17) is 0 Å². The van der Waals surface area contributed by atoms with Gasteiger partial charge in [0, 0.05) is 37.6 Å². The maximum atomic E-state index is 13.2. The normalized spacial score (nSPS) is 15.3. The van der Waals surface area contributed by atoms with Gasteiger partial charge < -0.3 is 10.2 Å². The van der Waals surface area contributed by atoms with E-state index in [0.717, 1.165) is 6.20 Å². The Morgan fingerprint density at radius 1 is 0.967 bits per heavy atom. The lowest BCUT2D eigenvalue weighted by atomic mass is 10.0. The fourth-order valence-corrected chi connectivity index (χ4v) is 3.09. The molecule has 30 heavy (non-hydrogen) atoms. The van der Waals surface area contributed by atoms with Crippen LogP contribution in [0.4, 0.5) is 38.1 Å². The van der Waals surface area contributed by atoms with Crippen LogP contribution in [0, 0.1) is 5.92 Å². The summed E-state index contributed by atoms with van der Waals surface area (Å²) < 4.78 is 77.8. The van der Waals surface area contributed by atoms with Gasteiger partial charge in [0.2, 0.25) is 5.95 Å². The number of nitrogens with zero attached hydrogens (tertiary/aromatic N) is 5. The number of hydrogen-bond acceptors (Lipinski definition) is 6. The van der Waals surface area contributed by atoms with Gasteiger partial charge in [-0.15, -0.1) is 0 Å². The second kappa shape index (κ2) is 7.26. The topological polar surface area (TPSA) is 66.8 Å². The van der Waals surface area contributed by atoms with Crippen LogP contribution in [0.2, 0.25) is 0 Å². The number of alkyl halides is 6. The lowest BCUT2D eigenvalue weighted by Crippen LogP contribution is -2.54. The molecular weight excluding hydrogens is 414 g/mol. The average molecular weight is 428 g/mol. The van der Waals surface area contributed by atoms with Gasteiger partial charge in [-0.1, -0.05) is 6.07 Å². The molecule has 1 N–H and O–H groups in total. The third kappa shape index (κ3) is 3.94. The van der Waals surface area contributed by atoms with Crippen LogP contribution >= 0.6 is 0 Å². The minimum atomic E-state index is -4.62. The highest BCUT2D eigenvalue weighted by molar-refractivity contribution is 5.87. The zero-order valence-electron chi connectivity index (χ0n) is 15.2. The standard InChI is InChI=1S/C18H14F6N6/c19-17(20,21)11-8-30(9-11)16-28-14-12(4-2-6-26-14)15(29-16)27-7-10-3-1-5-25-13(10)18(22,23)24/h1-6,11H,7-9H2,(H,26,27,28,29). The van der Waals surface area contributed by atoms with Crippen molar-refractivity contribution in [3.05, 3.63) is 47.9 Å². The molecule has 0 atom stereocenters. The number of pyridine rings is 2. The predicted octanol–water partition coefficient (Wildman–Crippen LogP) is 4.05. The van der Waals surface area contributed by atoms with Gasteiger partial charge >= 0.3 is 12.4 Å². The van der Waals surface area contributed by atoms with E-state index in [1.807, 2.05) is 0 Å². The van der Waals surface area contributed by atoms with Gasteiger partial charge in [-0.3, -0.25) is 4.98 Å². The van der Waals surface area contributed by atoms with Gasteiger partial charge in [-0.25, -0.2) is 4.98 Å². The molecule has 1 aliphatic rings. The van der Waals surface area contributed by atoms with Crippen molar-refractivity contribution in [2.45, 2.75) is 18.9 Å². The summed E-state index contributed by atoms with van der Waals surface area (Å²) in [4.78, 5) is 17.3. The highest BCUT2D eigenvalue weighted by atomic mass is 19.4. The molecule has 12 heteroatoms. The van der Waals surface area contributed by atoms with Gasteiger partial charge in [-0.05, 0) is 18.2 Å².